The van der Waals surface area contributed by atoms with Crippen molar-refractivity contribution in [2.24, 2.45) is 17.6 Å². The number of hydrogen-bond donors (Lipinski definition) is 9. The topological polar surface area (TPSA) is 261 Å². The van der Waals surface area contributed by atoms with Crippen LogP contribution in [-0.4, -0.2) is 126 Å². The number of aliphatic hydroxyl groups is 8. The Labute approximate surface area is 244 Å². The lowest BCUT2D eigenvalue weighted by Gasteiger charge is -2.53. The highest BCUT2D eigenvalue weighted by Gasteiger charge is 2.66. The van der Waals surface area contributed by atoms with Gasteiger partial charge in [-0.15, -0.1) is 0 Å². The maximum atomic E-state index is 14.1. The molecule has 234 valence electrons. The number of hydrogen-bond acceptors (Lipinski definition) is 14. The molecule has 3 aliphatic carbocycles. The van der Waals surface area contributed by atoms with Crippen LogP contribution in [0.15, 0.2) is 35.1 Å². The van der Waals surface area contributed by atoms with Crippen LogP contribution in [0.5, 0.6) is 5.75 Å². The maximum absolute atomic E-state index is 14.1. The van der Waals surface area contributed by atoms with Gasteiger partial charge in [0.2, 0.25) is 12.1 Å². The molecule has 1 amide bonds. The van der Waals surface area contributed by atoms with Crippen molar-refractivity contribution in [3.05, 3.63) is 46.2 Å². The van der Waals surface area contributed by atoms with Crippen LogP contribution in [0.4, 0.5) is 0 Å². The Morgan fingerprint density at radius 1 is 1.12 bits per heavy atom. The Bertz CT molecular complexity index is 1450. The van der Waals surface area contributed by atoms with Gasteiger partial charge < -0.3 is 56.1 Å². The number of ether oxygens (including phenoxy) is 2. The minimum atomic E-state index is -2.88. The molecule has 1 aliphatic heterocycles. The normalized spacial score (nSPS) is 39.4. The summed E-state index contributed by atoms with van der Waals surface area (Å²) in [5.74, 6) is -8.44. The van der Waals surface area contributed by atoms with Gasteiger partial charge in [0.25, 0.3) is 5.91 Å². The number of benzene rings is 1. The van der Waals surface area contributed by atoms with E-state index >= 15 is 0 Å². The molecule has 1 aromatic carbocycles. The SMILES string of the molecule is CN(C)[C@@H]1C(=O)C(C(N)=O)=C(O)[C@@]2(O)C(=O)C3=C(O)c4c(O[C@@H]5O[C@H](CO)[C@H](O)[C@H](O)[C@H]5O)cccc4[C@@](C)(O)[C@H]3C[C@@H]12. The number of fused-ring (bicyclic) bond motifs is 3. The average molecular weight is 607 g/mol. The summed E-state index contributed by atoms with van der Waals surface area (Å²) in [7, 11) is 2.93. The van der Waals surface area contributed by atoms with Gasteiger partial charge in [0, 0.05) is 17.4 Å². The minimum Gasteiger partial charge on any atom is -0.508 e. The monoisotopic (exact) mass is 606 g/mol. The number of Topliss-reactive ketones (excluding diaryl/α,β-unsaturated/α-hetero) is 2. The number of carbonyl (C=O) groups excluding carboxylic acids is 3. The van der Waals surface area contributed by atoms with Crippen LogP contribution >= 0.6 is 0 Å². The van der Waals surface area contributed by atoms with Crippen molar-refractivity contribution in [3.63, 3.8) is 0 Å². The molecule has 1 aromatic rings. The Morgan fingerprint density at radius 3 is 2.35 bits per heavy atom. The van der Waals surface area contributed by atoms with Gasteiger partial charge in [0.05, 0.1) is 23.8 Å². The predicted octanol–water partition coefficient (Wildman–Crippen LogP) is -2.90. The molecule has 15 heteroatoms. The van der Waals surface area contributed by atoms with E-state index in [1.165, 1.54) is 44.1 Å². The van der Waals surface area contributed by atoms with Crippen molar-refractivity contribution in [3.8, 4) is 5.75 Å². The van der Waals surface area contributed by atoms with Crippen molar-refractivity contribution in [1.82, 2.24) is 4.90 Å². The van der Waals surface area contributed by atoms with Crippen molar-refractivity contribution in [2.45, 2.75) is 61.3 Å². The molecule has 5 rings (SSSR count). The van der Waals surface area contributed by atoms with Gasteiger partial charge >= 0.3 is 0 Å². The summed E-state index contributed by atoms with van der Waals surface area (Å²) < 4.78 is 11.2. The summed E-state index contributed by atoms with van der Waals surface area (Å²) >= 11 is 0. The predicted molar refractivity (Wildman–Crippen MR) is 143 cm³/mol. The summed E-state index contributed by atoms with van der Waals surface area (Å²) in [6.07, 6.45) is -8.59. The zero-order chi connectivity index (χ0) is 31.9. The molecule has 0 radical (unpaired) electrons. The Kier molecular flexibility index (Phi) is 7.47. The van der Waals surface area contributed by atoms with E-state index in [9.17, 15) is 55.2 Å². The van der Waals surface area contributed by atoms with Gasteiger partial charge in [-0.05, 0) is 39.1 Å². The molecular weight excluding hydrogens is 572 g/mol. The molecule has 4 aliphatic rings. The third-order valence-corrected chi connectivity index (χ3v) is 9.10. The Balaban J connectivity index is 1.67. The van der Waals surface area contributed by atoms with E-state index in [1.807, 2.05) is 0 Å². The van der Waals surface area contributed by atoms with Gasteiger partial charge in [-0.25, -0.2) is 0 Å². The number of rotatable bonds is 5. The van der Waals surface area contributed by atoms with Crippen molar-refractivity contribution >= 4 is 23.2 Å². The van der Waals surface area contributed by atoms with Gasteiger partial charge in [-0.1, -0.05) is 12.1 Å². The van der Waals surface area contributed by atoms with Crippen LogP contribution in [0.2, 0.25) is 0 Å². The molecule has 15 nitrogen and oxygen atoms in total. The van der Waals surface area contributed by atoms with Crippen molar-refractivity contribution < 1.29 is 64.7 Å². The molecule has 2 fully saturated rings. The third kappa shape index (κ3) is 4.22. The summed E-state index contributed by atoms with van der Waals surface area (Å²) in [4.78, 5) is 40.9. The molecule has 10 atom stereocenters. The van der Waals surface area contributed by atoms with E-state index in [1.54, 1.807) is 0 Å². The lowest BCUT2D eigenvalue weighted by Crippen LogP contribution is -2.67. The fourth-order valence-electron chi connectivity index (χ4n) is 6.88. The smallest absolute Gasteiger partial charge is 0.255 e. The van der Waals surface area contributed by atoms with E-state index < -0.39 is 107 Å². The second-order valence-electron chi connectivity index (χ2n) is 11.8. The number of primary amides is 1. The highest BCUT2D eigenvalue weighted by Crippen LogP contribution is 2.57. The van der Waals surface area contributed by atoms with E-state index in [0.717, 1.165) is 0 Å². The molecule has 0 bridgehead atoms. The van der Waals surface area contributed by atoms with Crippen LogP contribution in [0, 0.1) is 11.8 Å². The number of aliphatic hydroxyl groups excluding tert-OH is 6. The molecule has 43 heavy (non-hydrogen) atoms. The highest BCUT2D eigenvalue weighted by atomic mass is 16.7. The fourth-order valence-corrected chi connectivity index (χ4v) is 6.88. The fraction of sp³-hybridized carbons (Fsp3) is 0.536. The molecule has 0 aromatic heterocycles. The summed E-state index contributed by atoms with van der Waals surface area (Å²) in [6.45, 7) is 0.608. The second-order valence-corrected chi connectivity index (χ2v) is 11.8. The number of ketones is 2. The van der Waals surface area contributed by atoms with Crippen LogP contribution < -0.4 is 10.5 Å². The first-order valence-corrected chi connectivity index (χ1v) is 13.5. The number of nitrogens with two attached hydrogens (primary N) is 1. The summed E-state index contributed by atoms with van der Waals surface area (Å²) in [5.41, 5.74) is -1.17. The Morgan fingerprint density at radius 2 is 1.77 bits per heavy atom. The molecule has 10 N–H and O–H groups in total. The molecule has 1 saturated heterocycles. The summed E-state index contributed by atoms with van der Waals surface area (Å²) in [5, 5.41) is 86.6. The van der Waals surface area contributed by atoms with E-state index in [2.05, 4.69) is 0 Å². The molecular formula is C28H34N2O13. The van der Waals surface area contributed by atoms with Crippen LogP contribution in [0.1, 0.15) is 24.5 Å². The first-order chi connectivity index (χ1) is 20.0. The van der Waals surface area contributed by atoms with Gasteiger partial charge in [-0.3, -0.25) is 19.3 Å². The third-order valence-electron chi connectivity index (χ3n) is 9.10. The lowest BCUT2D eigenvalue weighted by atomic mass is 9.54. The first kappa shape index (κ1) is 31.0. The number of carbonyl (C=O) groups is 3. The van der Waals surface area contributed by atoms with Crippen molar-refractivity contribution in [2.75, 3.05) is 20.7 Å². The van der Waals surface area contributed by atoms with E-state index in [0.29, 0.717) is 0 Å². The number of amides is 1. The average Bonchev–Trinajstić information content (AvgIpc) is 2.93. The number of likely N-dealkylation sites (N-methyl/N-ethyl adjacent to an activating group) is 1. The van der Waals surface area contributed by atoms with Gasteiger partial charge in [0.15, 0.2) is 11.4 Å². The van der Waals surface area contributed by atoms with Crippen LogP contribution in [-0.2, 0) is 24.7 Å². The van der Waals surface area contributed by atoms with Crippen LogP contribution in [0.25, 0.3) is 5.76 Å². The molecule has 1 heterocycles. The van der Waals surface area contributed by atoms with E-state index in [4.69, 9.17) is 15.2 Å². The quantitative estimate of drug-likeness (QED) is 0.152. The molecule has 0 unspecified atom stereocenters. The van der Waals surface area contributed by atoms with E-state index in [-0.39, 0.29) is 23.3 Å². The van der Waals surface area contributed by atoms with Gasteiger partial charge in [0.1, 0.15) is 47.3 Å². The zero-order valence-corrected chi connectivity index (χ0v) is 23.4. The standard InChI is InChI=1S/C28H34N2O13/c1-27(40)9-5-4-6-12(42-26-22(36)21(35)18(32)13(8-31)43-26)14(9)19(33)15-10(27)7-11-17(30(2)3)20(34)16(25(29)39)24(38)28(11,41)23(15)37/h4-6,10-11,13,17-18,21-22,26,31-33,35-36,38,40-41H,7-8H2,1-3H3,(H2,29,39)/t10-,11-,13+,17-,18-,21-,22+,26+,27+,28-/m0/s1. The maximum Gasteiger partial charge on any atom is 0.255 e. The minimum absolute atomic E-state index is 0.0557. The zero-order valence-electron chi connectivity index (χ0n) is 23.4. The largest absolute Gasteiger partial charge is 0.508 e. The Hall–Kier alpha value is -3.41. The van der Waals surface area contributed by atoms with Crippen LogP contribution in [0.3, 0.4) is 0 Å². The lowest BCUT2D eigenvalue weighted by molar-refractivity contribution is -0.277. The van der Waals surface area contributed by atoms with Crippen molar-refractivity contribution in [1.29, 1.82) is 0 Å². The molecule has 1 saturated carbocycles. The number of nitrogens with zero attached hydrogens (tertiary/aromatic N) is 1. The van der Waals surface area contributed by atoms with Gasteiger partial charge in [-0.2, -0.15) is 0 Å². The first-order valence-electron chi connectivity index (χ1n) is 13.5. The highest BCUT2D eigenvalue weighted by molar-refractivity contribution is 6.24. The second kappa shape index (κ2) is 10.3. The summed E-state index contributed by atoms with van der Waals surface area (Å²) in [6, 6.07) is 2.86. The molecule has 0 spiro atoms.